The first kappa shape index (κ1) is 16.3. The van der Waals surface area contributed by atoms with Crippen LogP contribution in [0.15, 0.2) is 0 Å². The zero-order chi connectivity index (χ0) is 15.8. The lowest BCUT2D eigenvalue weighted by Gasteiger charge is -2.49. The molecule has 0 amide bonds. The molecule has 0 aromatic carbocycles. The highest BCUT2D eigenvalue weighted by Crippen LogP contribution is 2.45. The van der Waals surface area contributed by atoms with Gasteiger partial charge in [-0.3, -0.25) is 0 Å². The Morgan fingerprint density at radius 2 is 1.74 bits per heavy atom. The van der Waals surface area contributed by atoms with E-state index in [-0.39, 0.29) is 0 Å². The maximum atomic E-state index is 5.85. The van der Waals surface area contributed by atoms with Crippen LogP contribution in [0.2, 0.25) is 0 Å². The monoisotopic (exact) mass is 323 g/mol. The third-order valence-electron chi connectivity index (χ3n) is 7.24. The number of likely N-dealkylation sites (tertiary alicyclic amines) is 1. The Bertz CT molecular complexity index is 396. The number of rotatable bonds is 3. The van der Waals surface area contributed by atoms with Crippen molar-refractivity contribution in [3.63, 3.8) is 0 Å². The Kier molecular flexibility index (Phi) is 4.96. The first-order valence-corrected chi connectivity index (χ1v) is 9.71. The van der Waals surface area contributed by atoms with Crippen LogP contribution in [-0.4, -0.2) is 56.7 Å². The summed E-state index contributed by atoms with van der Waals surface area (Å²) in [5.74, 6) is 2.57. The molecule has 2 saturated heterocycles. The van der Waals surface area contributed by atoms with E-state index in [1.807, 2.05) is 7.11 Å². The Morgan fingerprint density at radius 3 is 2.48 bits per heavy atom. The fraction of sp³-hybridized carbons (Fsp3) is 1.00. The van der Waals surface area contributed by atoms with Crippen molar-refractivity contribution in [1.82, 2.24) is 4.90 Å². The van der Waals surface area contributed by atoms with E-state index in [2.05, 4.69) is 11.9 Å². The minimum absolute atomic E-state index is 0.370. The Morgan fingerprint density at radius 1 is 1.00 bits per heavy atom. The van der Waals surface area contributed by atoms with Crippen molar-refractivity contribution in [2.24, 2.45) is 17.8 Å². The third kappa shape index (κ3) is 3.33. The second-order valence-electron chi connectivity index (χ2n) is 8.37. The van der Waals surface area contributed by atoms with Crippen LogP contribution in [-0.2, 0) is 14.2 Å². The predicted octanol–water partition coefficient (Wildman–Crippen LogP) is 3.05. The molecule has 0 radical (unpaired) electrons. The van der Waals surface area contributed by atoms with Crippen molar-refractivity contribution in [3.8, 4) is 0 Å². The van der Waals surface area contributed by atoms with Crippen LogP contribution in [0.4, 0.5) is 0 Å². The molecule has 4 rings (SSSR count). The zero-order valence-corrected chi connectivity index (χ0v) is 14.8. The Labute approximate surface area is 140 Å². The molecule has 2 saturated carbocycles. The maximum absolute atomic E-state index is 5.85. The molecule has 0 bridgehead atoms. The summed E-state index contributed by atoms with van der Waals surface area (Å²) in [6.45, 7) is 1.79. The van der Waals surface area contributed by atoms with Gasteiger partial charge in [0.1, 0.15) is 6.79 Å². The molecule has 2 aliphatic carbocycles. The van der Waals surface area contributed by atoms with Gasteiger partial charge < -0.3 is 19.1 Å². The number of nitrogens with zero attached hydrogens (tertiary/aromatic N) is 1. The third-order valence-corrected chi connectivity index (χ3v) is 7.24. The van der Waals surface area contributed by atoms with Gasteiger partial charge in [0.05, 0.1) is 18.3 Å². The topological polar surface area (TPSA) is 30.9 Å². The van der Waals surface area contributed by atoms with Gasteiger partial charge >= 0.3 is 0 Å². The van der Waals surface area contributed by atoms with E-state index < -0.39 is 0 Å². The predicted molar refractivity (Wildman–Crippen MR) is 89.2 cm³/mol. The fourth-order valence-corrected chi connectivity index (χ4v) is 5.77. The molecule has 23 heavy (non-hydrogen) atoms. The Hall–Kier alpha value is -0.160. The van der Waals surface area contributed by atoms with Crippen LogP contribution < -0.4 is 0 Å². The van der Waals surface area contributed by atoms with E-state index in [0.717, 1.165) is 23.8 Å². The van der Waals surface area contributed by atoms with Gasteiger partial charge in [-0.25, -0.2) is 0 Å². The molecule has 2 heterocycles. The number of ether oxygens (including phenoxy) is 3. The quantitative estimate of drug-likeness (QED) is 0.799. The molecule has 5 atom stereocenters. The number of hydrogen-bond acceptors (Lipinski definition) is 4. The molecule has 4 fully saturated rings. The van der Waals surface area contributed by atoms with E-state index >= 15 is 0 Å². The molecule has 4 heteroatoms. The minimum atomic E-state index is 0.370. The van der Waals surface area contributed by atoms with E-state index in [1.165, 1.54) is 57.9 Å². The van der Waals surface area contributed by atoms with Crippen LogP contribution in [0.25, 0.3) is 0 Å². The maximum Gasteiger partial charge on any atom is 0.147 e. The second-order valence-corrected chi connectivity index (χ2v) is 8.37. The molecule has 2 aliphatic heterocycles. The molecule has 0 aromatic heterocycles. The largest absolute Gasteiger partial charge is 0.381 e. The molecule has 0 N–H and O–H groups in total. The molecule has 5 unspecified atom stereocenters. The smallest absolute Gasteiger partial charge is 0.147 e. The second kappa shape index (κ2) is 6.99. The minimum Gasteiger partial charge on any atom is -0.381 e. The summed E-state index contributed by atoms with van der Waals surface area (Å²) in [7, 11) is 4.21. The van der Waals surface area contributed by atoms with Crippen molar-refractivity contribution < 1.29 is 14.2 Å². The van der Waals surface area contributed by atoms with Crippen molar-refractivity contribution in [3.05, 3.63) is 0 Å². The molecule has 132 valence electrons. The van der Waals surface area contributed by atoms with Crippen LogP contribution in [0, 0.1) is 17.8 Å². The van der Waals surface area contributed by atoms with Crippen LogP contribution in [0.1, 0.15) is 51.4 Å². The van der Waals surface area contributed by atoms with Gasteiger partial charge in [-0.1, -0.05) is 0 Å². The van der Waals surface area contributed by atoms with E-state index in [9.17, 15) is 0 Å². The van der Waals surface area contributed by atoms with Crippen LogP contribution in [0.5, 0.6) is 0 Å². The van der Waals surface area contributed by atoms with Gasteiger partial charge in [0, 0.05) is 13.2 Å². The van der Waals surface area contributed by atoms with Crippen molar-refractivity contribution in [1.29, 1.82) is 0 Å². The number of piperidine rings is 1. The first-order chi connectivity index (χ1) is 11.2. The number of fused-ring (bicyclic) bond motifs is 2. The first-order valence-electron chi connectivity index (χ1n) is 9.71. The van der Waals surface area contributed by atoms with Gasteiger partial charge in [0.25, 0.3) is 0 Å². The summed E-state index contributed by atoms with van der Waals surface area (Å²) in [4.78, 5) is 2.65. The number of hydrogen-bond donors (Lipinski definition) is 0. The molecular weight excluding hydrogens is 290 g/mol. The average Bonchev–Trinajstić information content (AvgIpc) is 3.04. The van der Waals surface area contributed by atoms with Crippen LogP contribution in [0.3, 0.4) is 0 Å². The lowest BCUT2D eigenvalue weighted by atomic mass is 9.66. The van der Waals surface area contributed by atoms with E-state index in [0.29, 0.717) is 25.1 Å². The van der Waals surface area contributed by atoms with Gasteiger partial charge in [-0.05, 0) is 82.7 Å². The lowest BCUT2D eigenvalue weighted by molar-refractivity contribution is -0.0369. The summed E-state index contributed by atoms with van der Waals surface area (Å²) in [6.07, 6.45) is 11.7. The van der Waals surface area contributed by atoms with Gasteiger partial charge in [-0.15, -0.1) is 0 Å². The summed E-state index contributed by atoms with van der Waals surface area (Å²) in [6, 6.07) is 0.753. The van der Waals surface area contributed by atoms with Crippen molar-refractivity contribution >= 4 is 0 Å². The molecule has 4 aliphatic rings. The van der Waals surface area contributed by atoms with E-state index in [4.69, 9.17) is 14.2 Å². The van der Waals surface area contributed by atoms with Gasteiger partial charge in [-0.2, -0.15) is 0 Å². The summed E-state index contributed by atoms with van der Waals surface area (Å²) >= 11 is 0. The highest BCUT2D eigenvalue weighted by atomic mass is 16.7. The average molecular weight is 323 g/mol. The zero-order valence-electron chi connectivity index (χ0n) is 14.8. The Balaban J connectivity index is 1.39. The normalized spacial score (nSPS) is 48.0. The molecular formula is C19H33NO3. The summed E-state index contributed by atoms with van der Waals surface area (Å²) in [5, 5.41) is 0. The SMILES string of the molecule is COC1CCC(CC2C3CC4OCOC4CC3CCN2C)CC1. The van der Waals surface area contributed by atoms with Crippen LogP contribution >= 0.6 is 0 Å². The summed E-state index contributed by atoms with van der Waals surface area (Å²) < 4.78 is 17.2. The lowest BCUT2D eigenvalue weighted by Crippen LogP contribution is -2.53. The fourth-order valence-electron chi connectivity index (χ4n) is 5.77. The highest BCUT2D eigenvalue weighted by Gasteiger charge is 2.47. The van der Waals surface area contributed by atoms with Gasteiger partial charge in [0.2, 0.25) is 0 Å². The van der Waals surface area contributed by atoms with E-state index in [1.54, 1.807) is 0 Å². The van der Waals surface area contributed by atoms with Crippen molar-refractivity contribution in [2.45, 2.75) is 75.7 Å². The van der Waals surface area contributed by atoms with Crippen molar-refractivity contribution in [2.75, 3.05) is 27.5 Å². The molecule has 4 nitrogen and oxygen atoms in total. The van der Waals surface area contributed by atoms with Gasteiger partial charge in [0.15, 0.2) is 0 Å². The molecule has 0 spiro atoms. The standard InChI is InChI=1S/C19H33NO3/c1-20-8-7-14-10-18-19(23-12-22-18)11-16(14)17(20)9-13-3-5-15(21-2)6-4-13/h13-19H,3-12H2,1-2H3. The highest BCUT2D eigenvalue weighted by molar-refractivity contribution is 4.98. The summed E-state index contributed by atoms with van der Waals surface area (Å²) in [5.41, 5.74) is 0. The molecule has 0 aromatic rings. The number of methoxy groups -OCH3 is 1.